The topological polar surface area (TPSA) is 87.8 Å². The molecule has 2 aromatic heterocycles. The van der Waals surface area contributed by atoms with Gasteiger partial charge >= 0.3 is 0 Å². The Morgan fingerprint density at radius 1 is 0.947 bits per heavy atom. The number of carbonyl (C=O) groups excluding carboxylic acids is 1. The third-order valence-corrected chi connectivity index (χ3v) is 5.16. The third kappa shape index (κ3) is 6.07. The third-order valence-electron chi connectivity index (χ3n) is 5.16. The van der Waals surface area contributed by atoms with Crippen LogP contribution in [0.3, 0.4) is 0 Å². The maximum Gasteiger partial charge on any atom is 0.291 e. The number of aromatic nitrogens is 2. The molecule has 1 amide bonds. The van der Waals surface area contributed by atoms with E-state index in [0.29, 0.717) is 36.9 Å². The number of hydrogen-bond donors (Lipinski definition) is 1. The number of halogens is 4. The minimum atomic E-state index is -1.68. The van der Waals surface area contributed by atoms with E-state index in [1.807, 2.05) is 32.0 Å². The lowest BCUT2D eigenvalue weighted by Gasteiger charge is -2.12. The first kappa shape index (κ1) is 26.6. The summed E-state index contributed by atoms with van der Waals surface area (Å²) in [5.74, 6) is -7.26. The lowest BCUT2D eigenvalue weighted by atomic mass is 10.2. The van der Waals surface area contributed by atoms with E-state index in [-0.39, 0.29) is 17.6 Å². The Hall–Kier alpha value is -4.48. The number of rotatable bonds is 11. The molecule has 0 aliphatic heterocycles. The number of hydrogen-bond acceptors (Lipinski definition) is 6. The van der Waals surface area contributed by atoms with Gasteiger partial charge in [0.2, 0.25) is 11.6 Å². The predicted molar refractivity (Wildman–Crippen MR) is 127 cm³/mol. The molecule has 0 atom stereocenters. The highest BCUT2D eigenvalue weighted by Gasteiger charge is 2.21. The van der Waals surface area contributed by atoms with E-state index in [0.717, 1.165) is 5.56 Å². The second-order valence-electron chi connectivity index (χ2n) is 7.88. The molecule has 0 saturated heterocycles. The minimum Gasteiger partial charge on any atom is -0.490 e. The van der Waals surface area contributed by atoms with Crippen molar-refractivity contribution < 1.29 is 41.0 Å². The van der Waals surface area contributed by atoms with Crippen LogP contribution in [0.4, 0.5) is 23.2 Å². The molecule has 0 radical (unpaired) electrons. The Kier molecular flexibility index (Phi) is 8.19. The molecule has 38 heavy (non-hydrogen) atoms. The molecule has 0 aliphatic carbocycles. The molecule has 200 valence electrons. The van der Waals surface area contributed by atoms with Crippen LogP contribution in [-0.2, 0) is 13.2 Å². The van der Waals surface area contributed by atoms with Gasteiger partial charge in [0.1, 0.15) is 12.4 Å². The van der Waals surface area contributed by atoms with E-state index in [4.69, 9.17) is 18.6 Å². The van der Waals surface area contributed by atoms with Crippen molar-refractivity contribution in [3.8, 4) is 17.2 Å². The lowest BCUT2D eigenvalue weighted by molar-refractivity contribution is 0.0992. The number of furan rings is 1. The molecule has 0 saturated carbocycles. The summed E-state index contributed by atoms with van der Waals surface area (Å²) in [4.78, 5) is 12.6. The van der Waals surface area contributed by atoms with Gasteiger partial charge in [-0.05, 0) is 43.7 Å². The summed E-state index contributed by atoms with van der Waals surface area (Å²) in [6.07, 6.45) is 3.07. The number of benzene rings is 2. The lowest BCUT2D eigenvalue weighted by Crippen LogP contribution is -2.10. The molecule has 0 spiro atoms. The first-order chi connectivity index (χ1) is 18.3. The van der Waals surface area contributed by atoms with Crippen molar-refractivity contribution in [1.82, 2.24) is 9.78 Å². The van der Waals surface area contributed by atoms with Gasteiger partial charge < -0.3 is 23.9 Å². The zero-order valence-electron chi connectivity index (χ0n) is 20.4. The van der Waals surface area contributed by atoms with Crippen molar-refractivity contribution in [2.75, 3.05) is 18.5 Å². The molecule has 0 bridgehead atoms. The molecular weight excluding hydrogens is 510 g/mol. The second-order valence-corrected chi connectivity index (χ2v) is 7.88. The maximum absolute atomic E-state index is 13.7. The number of anilines is 1. The zero-order valence-corrected chi connectivity index (χ0v) is 20.4. The number of nitrogens with zero attached hydrogens (tertiary/aromatic N) is 2. The van der Waals surface area contributed by atoms with E-state index in [1.165, 1.54) is 18.3 Å². The monoisotopic (exact) mass is 533 g/mol. The van der Waals surface area contributed by atoms with Gasteiger partial charge in [-0.15, -0.1) is 0 Å². The summed E-state index contributed by atoms with van der Waals surface area (Å²) in [6.45, 7) is 4.59. The Morgan fingerprint density at radius 2 is 1.66 bits per heavy atom. The second kappa shape index (κ2) is 11.7. The molecule has 2 aromatic carbocycles. The molecule has 1 N–H and O–H groups in total. The van der Waals surface area contributed by atoms with Crippen molar-refractivity contribution >= 4 is 11.6 Å². The van der Waals surface area contributed by atoms with E-state index < -0.39 is 41.5 Å². The van der Waals surface area contributed by atoms with Gasteiger partial charge in [0, 0.05) is 12.3 Å². The first-order valence-electron chi connectivity index (χ1n) is 11.6. The van der Waals surface area contributed by atoms with Crippen LogP contribution < -0.4 is 19.5 Å². The van der Waals surface area contributed by atoms with E-state index >= 15 is 0 Å². The van der Waals surface area contributed by atoms with Crippen molar-refractivity contribution in [2.24, 2.45) is 0 Å². The normalized spacial score (nSPS) is 10.9. The summed E-state index contributed by atoms with van der Waals surface area (Å²) < 4.78 is 77.1. The summed E-state index contributed by atoms with van der Waals surface area (Å²) in [6, 6.07) is 8.28. The molecule has 0 fully saturated rings. The molecule has 4 aromatic rings. The fourth-order valence-corrected chi connectivity index (χ4v) is 3.49. The van der Waals surface area contributed by atoms with Crippen molar-refractivity contribution in [1.29, 1.82) is 0 Å². The highest BCUT2D eigenvalue weighted by Crippen LogP contribution is 2.29. The van der Waals surface area contributed by atoms with Crippen LogP contribution in [-0.4, -0.2) is 28.9 Å². The van der Waals surface area contributed by atoms with Crippen molar-refractivity contribution in [3.05, 3.63) is 89.1 Å². The van der Waals surface area contributed by atoms with Crippen LogP contribution >= 0.6 is 0 Å². The van der Waals surface area contributed by atoms with Gasteiger partial charge in [0.25, 0.3) is 5.91 Å². The van der Waals surface area contributed by atoms with Gasteiger partial charge in [-0.3, -0.25) is 9.48 Å². The van der Waals surface area contributed by atoms with Crippen LogP contribution in [0.1, 0.15) is 35.7 Å². The van der Waals surface area contributed by atoms with Crippen molar-refractivity contribution in [3.63, 3.8) is 0 Å². The van der Waals surface area contributed by atoms with Crippen LogP contribution in [0.25, 0.3) is 0 Å². The van der Waals surface area contributed by atoms with Crippen LogP contribution in [0.15, 0.2) is 53.2 Å². The Balaban J connectivity index is 1.37. The fraction of sp³-hybridized carbons (Fsp3) is 0.231. The summed E-state index contributed by atoms with van der Waals surface area (Å²) in [5, 5.41) is 6.86. The SMILES string of the molecule is CCOc1ccc(Cn2cc(NC(=O)c3ccc(COc4c(F)c(F)cc(F)c4F)o3)cn2)cc1OCC. The van der Waals surface area contributed by atoms with E-state index in [1.54, 1.807) is 10.9 Å². The number of carbonyl (C=O) groups is 1. The summed E-state index contributed by atoms with van der Waals surface area (Å²) >= 11 is 0. The fourth-order valence-electron chi connectivity index (χ4n) is 3.49. The molecular formula is C26H23F4N3O5. The van der Waals surface area contributed by atoms with E-state index in [2.05, 4.69) is 10.4 Å². The highest BCUT2D eigenvalue weighted by atomic mass is 19.2. The largest absolute Gasteiger partial charge is 0.490 e. The zero-order chi connectivity index (χ0) is 27.2. The molecule has 0 aliphatic rings. The smallest absolute Gasteiger partial charge is 0.291 e. The average molecular weight is 533 g/mol. The van der Waals surface area contributed by atoms with Gasteiger partial charge in [0.15, 0.2) is 34.6 Å². The standard InChI is InChI=1S/C26H23F4N3O5/c1-3-35-20-7-5-15(9-22(20)36-4-2)12-33-13-16(11-31-33)32-26(34)21-8-6-17(38-21)14-37-25-23(29)18(27)10-19(28)24(25)30/h5-11,13H,3-4,12,14H2,1-2H3,(H,32,34). The quantitative estimate of drug-likeness (QED) is 0.196. The van der Waals surface area contributed by atoms with E-state index in [9.17, 15) is 22.4 Å². The Bertz CT molecular complexity index is 1410. The molecule has 0 unspecified atom stereocenters. The maximum atomic E-state index is 13.7. The van der Waals surface area contributed by atoms with Gasteiger partial charge in [-0.1, -0.05) is 6.07 Å². The number of amides is 1. The molecule has 4 rings (SSSR count). The number of ether oxygens (including phenoxy) is 3. The Labute approximate surface area is 214 Å². The predicted octanol–water partition coefficient (Wildman–Crippen LogP) is 5.71. The summed E-state index contributed by atoms with van der Waals surface area (Å²) in [7, 11) is 0. The van der Waals surface area contributed by atoms with Gasteiger partial charge in [0.05, 0.1) is 31.6 Å². The molecule has 8 nitrogen and oxygen atoms in total. The summed E-state index contributed by atoms with van der Waals surface area (Å²) in [5.41, 5.74) is 1.29. The first-order valence-corrected chi connectivity index (χ1v) is 11.6. The van der Waals surface area contributed by atoms with Crippen LogP contribution in [0.2, 0.25) is 0 Å². The average Bonchev–Trinajstić information content (AvgIpc) is 3.54. The molecule has 12 heteroatoms. The highest BCUT2D eigenvalue weighted by molar-refractivity contribution is 6.02. The van der Waals surface area contributed by atoms with Crippen molar-refractivity contribution in [2.45, 2.75) is 27.0 Å². The van der Waals surface area contributed by atoms with Gasteiger partial charge in [-0.2, -0.15) is 13.9 Å². The van der Waals surface area contributed by atoms with Gasteiger partial charge in [-0.25, -0.2) is 8.78 Å². The minimum absolute atomic E-state index is 0.00471. The van der Waals surface area contributed by atoms with Crippen LogP contribution in [0.5, 0.6) is 17.2 Å². The Morgan fingerprint density at radius 3 is 2.37 bits per heavy atom. The number of nitrogens with one attached hydrogen (secondary N) is 1. The molecule has 2 heterocycles. The van der Waals surface area contributed by atoms with Crippen LogP contribution in [0, 0.1) is 23.3 Å².